The predicted octanol–water partition coefficient (Wildman–Crippen LogP) is 3.65. The maximum atomic E-state index is 12.4. The van der Waals surface area contributed by atoms with Gasteiger partial charge in [0.25, 0.3) is 0 Å². The van der Waals surface area contributed by atoms with E-state index in [1.54, 1.807) is 12.4 Å². The van der Waals surface area contributed by atoms with Gasteiger partial charge in [-0.25, -0.2) is 9.97 Å². The molecule has 0 aliphatic rings. The van der Waals surface area contributed by atoms with Crippen molar-refractivity contribution in [2.24, 2.45) is 0 Å². The number of aromatic nitrogens is 3. The van der Waals surface area contributed by atoms with Gasteiger partial charge in [-0.1, -0.05) is 18.2 Å². The monoisotopic (exact) mass is 358 g/mol. The van der Waals surface area contributed by atoms with Gasteiger partial charge >= 0.3 is 7.60 Å². The summed E-state index contributed by atoms with van der Waals surface area (Å²) in [6.07, 6.45) is 3.47. The Morgan fingerprint density at radius 3 is 2.44 bits per heavy atom. The Balaban J connectivity index is 1.96. The topological polar surface area (TPSA) is 77.4 Å². The number of para-hydroxylation sites is 1. The number of benzene rings is 1. The minimum atomic E-state index is -3.12. The fourth-order valence-electron chi connectivity index (χ4n) is 2.46. The van der Waals surface area contributed by atoms with E-state index in [9.17, 15) is 4.57 Å². The molecule has 2 heterocycles. The summed E-state index contributed by atoms with van der Waals surface area (Å²) < 4.78 is 22.5. The number of hydrogen-bond acceptors (Lipinski definition) is 7. The number of nitrogens with zero attached hydrogens (tertiary/aromatic N) is 4. The third-order valence-corrected chi connectivity index (χ3v) is 5.68. The smallest absolute Gasteiger partial charge is 0.326 e. The molecule has 130 valence electrons. The molecule has 8 heteroatoms. The molecule has 0 fully saturated rings. The molecule has 0 radical (unpaired) electrons. The number of pyridine rings is 1. The Kier molecular flexibility index (Phi) is 5.38. The lowest BCUT2D eigenvalue weighted by molar-refractivity contribution is 0.276. The lowest BCUT2D eigenvalue weighted by atomic mass is 10.2. The summed E-state index contributed by atoms with van der Waals surface area (Å²) in [5.74, 6) is 0.693. The molecule has 0 aliphatic carbocycles. The van der Waals surface area contributed by atoms with Gasteiger partial charge in [0.2, 0.25) is 0 Å². The first kappa shape index (κ1) is 17.5. The molecule has 3 aromatic rings. The van der Waals surface area contributed by atoms with E-state index in [0.717, 1.165) is 11.2 Å². The van der Waals surface area contributed by atoms with Crippen LogP contribution >= 0.6 is 7.60 Å². The molecule has 0 amide bonds. The third-order valence-electron chi connectivity index (χ3n) is 3.82. The molecule has 2 aromatic heterocycles. The van der Waals surface area contributed by atoms with Crippen LogP contribution in [-0.4, -0.2) is 41.9 Å². The molecule has 0 aliphatic heterocycles. The van der Waals surface area contributed by atoms with Crippen LogP contribution in [0.5, 0.6) is 0 Å². The van der Waals surface area contributed by atoms with Crippen LogP contribution in [0.1, 0.15) is 0 Å². The molecule has 1 aromatic carbocycles. The van der Waals surface area contributed by atoms with Gasteiger partial charge in [-0.3, -0.25) is 9.55 Å². The van der Waals surface area contributed by atoms with Crippen LogP contribution in [0.15, 0.2) is 54.9 Å². The molecule has 0 saturated carbocycles. The third kappa shape index (κ3) is 4.02. The lowest BCUT2D eigenvalue weighted by Crippen LogP contribution is -2.23. The summed E-state index contributed by atoms with van der Waals surface area (Å²) in [4.78, 5) is 15.0. The van der Waals surface area contributed by atoms with Gasteiger partial charge < -0.3 is 13.9 Å². The van der Waals surface area contributed by atoms with Crippen molar-refractivity contribution >= 4 is 30.3 Å². The van der Waals surface area contributed by atoms with E-state index < -0.39 is 7.60 Å². The van der Waals surface area contributed by atoms with Crippen molar-refractivity contribution in [3.05, 3.63) is 54.9 Å². The highest BCUT2D eigenvalue weighted by molar-refractivity contribution is 7.53. The molecule has 7 nitrogen and oxygen atoms in total. The van der Waals surface area contributed by atoms with Gasteiger partial charge in [0.05, 0.1) is 6.16 Å². The van der Waals surface area contributed by atoms with Crippen molar-refractivity contribution in [2.75, 3.05) is 31.8 Å². The minimum absolute atomic E-state index is 0.231. The van der Waals surface area contributed by atoms with Crippen LogP contribution in [0.25, 0.3) is 11.2 Å². The maximum absolute atomic E-state index is 12.4. The van der Waals surface area contributed by atoms with E-state index in [2.05, 4.69) is 15.0 Å². The van der Waals surface area contributed by atoms with Crippen molar-refractivity contribution < 1.29 is 13.6 Å². The Labute approximate surface area is 146 Å². The molecule has 0 bridgehead atoms. The van der Waals surface area contributed by atoms with Crippen molar-refractivity contribution in [3.8, 4) is 0 Å². The standard InChI is InChI=1S/C17H19N4O3P/c1-23-25(22,24-2)13-12-21(14-6-4-3-5-7-14)16-9-8-15-17(20-16)19-11-10-18-15/h3-11H,12-13H2,1-2H3. The van der Waals surface area contributed by atoms with Crippen molar-refractivity contribution in [1.29, 1.82) is 0 Å². The van der Waals surface area contributed by atoms with Crippen molar-refractivity contribution in [1.82, 2.24) is 15.0 Å². The van der Waals surface area contributed by atoms with E-state index in [1.807, 2.05) is 47.4 Å². The average molecular weight is 358 g/mol. The second-order valence-corrected chi connectivity index (χ2v) is 7.65. The number of rotatable bonds is 7. The molecule has 0 atom stereocenters. The molecule has 0 saturated heterocycles. The lowest BCUT2D eigenvalue weighted by Gasteiger charge is -2.25. The molecular weight excluding hydrogens is 339 g/mol. The van der Waals surface area contributed by atoms with Crippen LogP contribution in [0.2, 0.25) is 0 Å². The fourth-order valence-corrected chi connectivity index (χ4v) is 3.42. The molecule has 0 N–H and O–H groups in total. The van der Waals surface area contributed by atoms with Crippen LogP contribution < -0.4 is 4.90 Å². The number of anilines is 2. The Morgan fingerprint density at radius 2 is 1.72 bits per heavy atom. The van der Waals surface area contributed by atoms with Crippen LogP contribution in [0.4, 0.5) is 11.5 Å². The van der Waals surface area contributed by atoms with Crippen LogP contribution in [-0.2, 0) is 13.6 Å². The van der Waals surface area contributed by atoms with Crippen LogP contribution in [0, 0.1) is 0 Å². The summed E-state index contributed by atoms with van der Waals surface area (Å²) in [6, 6.07) is 13.5. The summed E-state index contributed by atoms with van der Waals surface area (Å²) >= 11 is 0. The molecular formula is C17H19N4O3P. The summed E-state index contributed by atoms with van der Waals surface area (Å²) in [7, 11) is -0.342. The van der Waals surface area contributed by atoms with Gasteiger partial charge in [-0.05, 0) is 24.3 Å². The zero-order chi connectivity index (χ0) is 17.7. The molecule has 3 rings (SSSR count). The van der Waals surface area contributed by atoms with Crippen molar-refractivity contribution in [3.63, 3.8) is 0 Å². The number of fused-ring (bicyclic) bond motifs is 1. The Bertz CT molecular complexity index is 883. The first-order chi connectivity index (χ1) is 12.1. The van der Waals surface area contributed by atoms with Gasteiger partial charge in [-0.2, -0.15) is 0 Å². The molecule has 0 unspecified atom stereocenters. The van der Waals surface area contributed by atoms with Gasteiger partial charge in [0.15, 0.2) is 5.65 Å². The Hall–Kier alpha value is -2.34. The number of hydrogen-bond donors (Lipinski definition) is 0. The van der Waals surface area contributed by atoms with E-state index in [4.69, 9.17) is 9.05 Å². The first-order valence-electron chi connectivity index (χ1n) is 7.76. The SMILES string of the molecule is COP(=O)(CCN(c1ccccc1)c1ccc2nccnc2n1)OC. The zero-order valence-electron chi connectivity index (χ0n) is 14.1. The maximum Gasteiger partial charge on any atom is 0.331 e. The van der Waals surface area contributed by atoms with E-state index in [1.165, 1.54) is 14.2 Å². The van der Waals surface area contributed by atoms with Crippen molar-refractivity contribution in [2.45, 2.75) is 0 Å². The van der Waals surface area contributed by atoms with E-state index in [0.29, 0.717) is 18.0 Å². The van der Waals surface area contributed by atoms with Crippen LogP contribution in [0.3, 0.4) is 0 Å². The average Bonchev–Trinajstić information content (AvgIpc) is 2.68. The van der Waals surface area contributed by atoms with E-state index >= 15 is 0 Å². The van der Waals surface area contributed by atoms with Gasteiger partial charge in [0.1, 0.15) is 11.3 Å². The Morgan fingerprint density at radius 1 is 1.00 bits per heavy atom. The fraction of sp³-hybridized carbons (Fsp3) is 0.235. The summed E-state index contributed by atoms with van der Waals surface area (Å²) in [5, 5.41) is 0. The second kappa shape index (κ2) is 7.70. The highest BCUT2D eigenvalue weighted by Gasteiger charge is 2.23. The zero-order valence-corrected chi connectivity index (χ0v) is 15.0. The molecule has 25 heavy (non-hydrogen) atoms. The highest BCUT2D eigenvalue weighted by Crippen LogP contribution is 2.46. The quantitative estimate of drug-likeness (QED) is 0.597. The molecule has 0 spiro atoms. The second-order valence-electron chi connectivity index (χ2n) is 5.26. The summed E-state index contributed by atoms with van der Waals surface area (Å²) in [5.41, 5.74) is 2.21. The normalized spacial score (nSPS) is 11.6. The minimum Gasteiger partial charge on any atom is -0.326 e. The predicted molar refractivity (Wildman–Crippen MR) is 97.3 cm³/mol. The highest BCUT2D eigenvalue weighted by atomic mass is 31.2. The van der Waals surface area contributed by atoms with E-state index in [-0.39, 0.29) is 6.16 Å². The van der Waals surface area contributed by atoms with Gasteiger partial charge in [-0.15, -0.1) is 0 Å². The largest absolute Gasteiger partial charge is 0.331 e. The van der Waals surface area contributed by atoms with Gasteiger partial charge in [0, 0.05) is 38.8 Å². The summed E-state index contributed by atoms with van der Waals surface area (Å²) in [6.45, 7) is 0.418. The first-order valence-corrected chi connectivity index (χ1v) is 9.49.